The van der Waals surface area contributed by atoms with Crippen LogP contribution in [0.25, 0.3) is 0 Å². The summed E-state index contributed by atoms with van der Waals surface area (Å²) in [6.45, 7) is 7.36. The zero-order valence-corrected chi connectivity index (χ0v) is 12.5. The van der Waals surface area contributed by atoms with Crippen LogP contribution < -0.4 is 9.47 Å². The summed E-state index contributed by atoms with van der Waals surface area (Å²) in [5, 5.41) is 11.0. The summed E-state index contributed by atoms with van der Waals surface area (Å²) >= 11 is 6.28. The number of aliphatic hydroxyl groups is 1. The van der Waals surface area contributed by atoms with Gasteiger partial charge in [0.25, 0.3) is 0 Å². The minimum Gasteiger partial charge on any atom is -0.490 e. The minimum atomic E-state index is -0.623. The molecular formula is C15H21ClO3. The Hall–Kier alpha value is -0.930. The van der Waals surface area contributed by atoms with Crippen molar-refractivity contribution in [3.63, 3.8) is 0 Å². The average Bonchev–Trinajstić information content (AvgIpc) is 2.61. The lowest BCUT2D eigenvalue weighted by atomic mass is 9.80. The molecule has 1 aromatic carbocycles. The Balaban J connectivity index is 2.39. The molecule has 0 amide bonds. The van der Waals surface area contributed by atoms with E-state index in [1.807, 2.05) is 19.9 Å². The second kappa shape index (κ2) is 5.59. The van der Waals surface area contributed by atoms with Crippen LogP contribution in [0.1, 0.15) is 45.3 Å². The lowest BCUT2D eigenvalue weighted by Gasteiger charge is -2.30. The van der Waals surface area contributed by atoms with Crippen molar-refractivity contribution in [2.75, 3.05) is 13.2 Å². The molecule has 1 unspecified atom stereocenters. The van der Waals surface area contributed by atoms with E-state index >= 15 is 0 Å². The summed E-state index contributed by atoms with van der Waals surface area (Å²) in [5.41, 5.74) is 0.474. The first kappa shape index (κ1) is 14.5. The molecule has 1 aliphatic rings. The van der Waals surface area contributed by atoms with E-state index in [1.54, 1.807) is 6.07 Å². The molecule has 0 saturated heterocycles. The zero-order chi connectivity index (χ0) is 14.0. The van der Waals surface area contributed by atoms with E-state index in [4.69, 9.17) is 21.1 Å². The molecule has 0 saturated carbocycles. The highest BCUT2D eigenvalue weighted by atomic mass is 35.5. The highest BCUT2D eigenvalue weighted by molar-refractivity contribution is 6.31. The molecule has 4 heteroatoms. The molecule has 0 radical (unpaired) electrons. The van der Waals surface area contributed by atoms with Crippen LogP contribution in [0.2, 0.25) is 5.02 Å². The Labute approximate surface area is 119 Å². The maximum Gasteiger partial charge on any atom is 0.162 e. The van der Waals surface area contributed by atoms with Gasteiger partial charge in [-0.1, -0.05) is 32.4 Å². The fourth-order valence-corrected chi connectivity index (χ4v) is 2.28. The molecule has 0 fully saturated rings. The van der Waals surface area contributed by atoms with Crippen LogP contribution in [-0.4, -0.2) is 18.3 Å². The maximum atomic E-state index is 10.5. The van der Waals surface area contributed by atoms with Gasteiger partial charge >= 0.3 is 0 Å². The number of halogens is 1. The number of rotatable bonds is 3. The van der Waals surface area contributed by atoms with Crippen LogP contribution in [-0.2, 0) is 0 Å². The molecule has 2 rings (SSSR count). The first-order valence-electron chi connectivity index (χ1n) is 6.73. The van der Waals surface area contributed by atoms with Crippen LogP contribution >= 0.6 is 11.6 Å². The monoisotopic (exact) mass is 284 g/mol. The second-order valence-corrected chi connectivity index (χ2v) is 6.02. The predicted octanol–water partition coefficient (Wildman–Crippen LogP) is 3.97. The lowest BCUT2D eigenvalue weighted by Crippen LogP contribution is -2.21. The van der Waals surface area contributed by atoms with Gasteiger partial charge in [0.1, 0.15) is 0 Å². The molecule has 0 bridgehead atoms. The van der Waals surface area contributed by atoms with E-state index in [-0.39, 0.29) is 5.41 Å². The molecule has 106 valence electrons. The van der Waals surface area contributed by atoms with Gasteiger partial charge in [-0.05, 0) is 17.9 Å². The number of aliphatic hydroxyl groups excluding tert-OH is 1. The molecule has 0 aliphatic carbocycles. The third-order valence-electron chi connectivity index (χ3n) is 3.81. The number of hydrogen-bond donors (Lipinski definition) is 1. The van der Waals surface area contributed by atoms with Gasteiger partial charge in [0, 0.05) is 18.1 Å². The van der Waals surface area contributed by atoms with Gasteiger partial charge < -0.3 is 14.6 Å². The van der Waals surface area contributed by atoms with E-state index in [9.17, 15) is 5.11 Å². The van der Waals surface area contributed by atoms with E-state index in [2.05, 4.69) is 6.92 Å². The predicted molar refractivity (Wildman–Crippen MR) is 76.1 cm³/mol. The van der Waals surface area contributed by atoms with E-state index in [1.165, 1.54) is 0 Å². The maximum absolute atomic E-state index is 10.5. The van der Waals surface area contributed by atoms with Gasteiger partial charge in [-0.2, -0.15) is 0 Å². The molecule has 1 atom stereocenters. The average molecular weight is 285 g/mol. The molecule has 1 heterocycles. The normalized spacial score (nSPS) is 16.9. The van der Waals surface area contributed by atoms with Crippen molar-refractivity contribution >= 4 is 11.6 Å². The summed E-state index contributed by atoms with van der Waals surface area (Å²) in [5.74, 6) is 1.33. The number of benzene rings is 1. The highest BCUT2D eigenvalue weighted by Gasteiger charge is 2.30. The van der Waals surface area contributed by atoms with Gasteiger partial charge in [0.05, 0.1) is 24.3 Å². The molecular weight excluding hydrogens is 264 g/mol. The van der Waals surface area contributed by atoms with Crippen molar-refractivity contribution in [2.24, 2.45) is 5.41 Å². The zero-order valence-electron chi connectivity index (χ0n) is 11.7. The Bertz CT molecular complexity index is 457. The lowest BCUT2D eigenvalue weighted by molar-refractivity contribution is 0.0464. The van der Waals surface area contributed by atoms with E-state index < -0.39 is 6.10 Å². The van der Waals surface area contributed by atoms with Gasteiger partial charge in [0.15, 0.2) is 11.5 Å². The Morgan fingerprint density at radius 3 is 2.42 bits per heavy atom. The van der Waals surface area contributed by atoms with Crippen molar-refractivity contribution < 1.29 is 14.6 Å². The van der Waals surface area contributed by atoms with Crippen molar-refractivity contribution in [1.29, 1.82) is 0 Å². The first-order chi connectivity index (χ1) is 8.95. The van der Waals surface area contributed by atoms with Crippen molar-refractivity contribution in [3.05, 3.63) is 22.7 Å². The molecule has 1 N–H and O–H groups in total. The fourth-order valence-electron chi connectivity index (χ4n) is 2.02. The number of fused-ring (bicyclic) bond motifs is 1. The SMILES string of the molecule is CCC(C)(C)C(O)c1cc2c(cc1Cl)OCCCO2. The van der Waals surface area contributed by atoms with Crippen LogP contribution in [0.4, 0.5) is 0 Å². The first-order valence-corrected chi connectivity index (χ1v) is 7.10. The van der Waals surface area contributed by atoms with Gasteiger partial charge in [0.2, 0.25) is 0 Å². The van der Waals surface area contributed by atoms with Crippen LogP contribution in [0.5, 0.6) is 11.5 Å². The van der Waals surface area contributed by atoms with E-state index in [0.29, 0.717) is 35.3 Å². The van der Waals surface area contributed by atoms with E-state index in [0.717, 1.165) is 12.8 Å². The largest absolute Gasteiger partial charge is 0.490 e. The summed E-state index contributed by atoms with van der Waals surface area (Å²) in [7, 11) is 0. The molecule has 0 aromatic heterocycles. The summed E-state index contributed by atoms with van der Waals surface area (Å²) in [6.07, 6.45) is 1.09. The summed E-state index contributed by atoms with van der Waals surface area (Å²) in [6, 6.07) is 3.55. The van der Waals surface area contributed by atoms with Crippen LogP contribution in [0.15, 0.2) is 12.1 Å². The fraction of sp³-hybridized carbons (Fsp3) is 0.600. The number of hydrogen-bond acceptors (Lipinski definition) is 3. The molecule has 0 spiro atoms. The smallest absolute Gasteiger partial charge is 0.162 e. The molecule has 1 aromatic rings. The minimum absolute atomic E-state index is 0.233. The Morgan fingerprint density at radius 1 is 1.26 bits per heavy atom. The quantitative estimate of drug-likeness (QED) is 0.913. The van der Waals surface area contributed by atoms with Gasteiger partial charge in [-0.3, -0.25) is 0 Å². The molecule has 1 aliphatic heterocycles. The molecule has 19 heavy (non-hydrogen) atoms. The second-order valence-electron chi connectivity index (χ2n) is 5.62. The molecule has 3 nitrogen and oxygen atoms in total. The summed E-state index contributed by atoms with van der Waals surface area (Å²) in [4.78, 5) is 0. The standard InChI is InChI=1S/C15H21ClO3/c1-4-15(2,3)14(17)10-8-12-13(9-11(10)16)19-7-5-6-18-12/h8-9,14,17H,4-7H2,1-3H3. The highest BCUT2D eigenvalue weighted by Crippen LogP contribution is 2.43. The van der Waals surface area contributed by atoms with Gasteiger partial charge in [-0.25, -0.2) is 0 Å². The van der Waals surface area contributed by atoms with Crippen LogP contribution in [0, 0.1) is 5.41 Å². The van der Waals surface area contributed by atoms with Crippen molar-refractivity contribution in [3.8, 4) is 11.5 Å². The van der Waals surface area contributed by atoms with Crippen molar-refractivity contribution in [2.45, 2.75) is 39.7 Å². The summed E-state index contributed by atoms with van der Waals surface area (Å²) < 4.78 is 11.2. The third kappa shape index (κ3) is 2.98. The van der Waals surface area contributed by atoms with Crippen LogP contribution in [0.3, 0.4) is 0 Å². The Morgan fingerprint density at radius 2 is 1.84 bits per heavy atom. The van der Waals surface area contributed by atoms with Crippen molar-refractivity contribution in [1.82, 2.24) is 0 Å². The topological polar surface area (TPSA) is 38.7 Å². The van der Waals surface area contributed by atoms with Gasteiger partial charge in [-0.15, -0.1) is 0 Å². The Kier molecular flexibility index (Phi) is 4.26. The number of ether oxygens (including phenoxy) is 2. The third-order valence-corrected chi connectivity index (χ3v) is 4.14.